The molecule has 0 spiro atoms. The maximum absolute atomic E-state index is 11.6. The number of methoxy groups -OCH3 is 1. The molecule has 0 radical (unpaired) electrons. The molecule has 4 nitrogen and oxygen atoms in total. The molecular weight excluding hydrogens is 288 g/mol. The highest BCUT2D eigenvalue weighted by Gasteiger charge is 2.15. The van der Waals surface area contributed by atoms with E-state index in [9.17, 15) is 4.79 Å². The van der Waals surface area contributed by atoms with Crippen molar-refractivity contribution in [1.82, 2.24) is 4.98 Å². The molecule has 2 aromatic rings. The second-order valence-electron chi connectivity index (χ2n) is 4.73. The zero-order valence-corrected chi connectivity index (χ0v) is 13.0. The van der Waals surface area contributed by atoms with Crippen molar-refractivity contribution < 1.29 is 9.53 Å². The zero-order chi connectivity index (χ0) is 15.4. The molecule has 0 fully saturated rings. The first kappa shape index (κ1) is 15.3. The topological polar surface area (TPSA) is 42.4 Å². The van der Waals surface area contributed by atoms with Crippen LogP contribution in [0.2, 0.25) is 5.02 Å². The summed E-state index contributed by atoms with van der Waals surface area (Å²) < 4.78 is 4.73. The Balaban J connectivity index is 2.24. The predicted molar refractivity (Wildman–Crippen MR) is 83.8 cm³/mol. The minimum absolute atomic E-state index is 0.0997. The number of benzene rings is 1. The molecule has 1 unspecified atom stereocenters. The lowest BCUT2D eigenvalue weighted by Crippen LogP contribution is -2.23. The smallest absolute Gasteiger partial charge is 0.338 e. The van der Waals surface area contributed by atoms with Crippen LogP contribution in [0, 0.1) is 0 Å². The van der Waals surface area contributed by atoms with Crippen LogP contribution in [0.5, 0.6) is 0 Å². The molecule has 2 rings (SSSR count). The lowest BCUT2D eigenvalue weighted by Gasteiger charge is -2.26. The highest BCUT2D eigenvalue weighted by Crippen LogP contribution is 2.25. The molecule has 1 heterocycles. The van der Waals surface area contributed by atoms with Gasteiger partial charge in [-0.1, -0.05) is 23.7 Å². The van der Waals surface area contributed by atoms with Gasteiger partial charge in [0.2, 0.25) is 0 Å². The Hall–Kier alpha value is -2.07. The lowest BCUT2D eigenvalue weighted by molar-refractivity contribution is 0.0600. The van der Waals surface area contributed by atoms with Crippen LogP contribution < -0.4 is 4.90 Å². The van der Waals surface area contributed by atoms with E-state index in [1.807, 2.05) is 36.2 Å². The number of esters is 1. The number of carbonyl (C=O) groups excluding carboxylic acids is 1. The first-order chi connectivity index (χ1) is 10.0. The highest BCUT2D eigenvalue weighted by molar-refractivity contribution is 6.30. The maximum atomic E-state index is 11.6. The summed E-state index contributed by atoms with van der Waals surface area (Å²) >= 11 is 5.91. The number of nitrogens with zero attached hydrogens (tertiary/aromatic N) is 2. The van der Waals surface area contributed by atoms with Crippen LogP contribution in [-0.2, 0) is 4.74 Å². The van der Waals surface area contributed by atoms with Gasteiger partial charge in [-0.15, -0.1) is 0 Å². The normalized spacial score (nSPS) is 11.8. The van der Waals surface area contributed by atoms with Crippen molar-refractivity contribution in [3.05, 3.63) is 58.7 Å². The lowest BCUT2D eigenvalue weighted by atomic mass is 10.1. The molecule has 0 aliphatic carbocycles. The summed E-state index contributed by atoms with van der Waals surface area (Å²) in [6, 6.07) is 11.1. The minimum atomic E-state index is -0.369. The van der Waals surface area contributed by atoms with Gasteiger partial charge < -0.3 is 9.64 Å². The summed E-state index contributed by atoms with van der Waals surface area (Å²) in [6.07, 6.45) is 1.60. The third kappa shape index (κ3) is 3.52. The summed E-state index contributed by atoms with van der Waals surface area (Å²) in [5, 5.41) is 0.708. The van der Waals surface area contributed by atoms with Gasteiger partial charge in [0.25, 0.3) is 0 Å². The average molecular weight is 305 g/mol. The Labute approximate surface area is 129 Å². The van der Waals surface area contributed by atoms with E-state index >= 15 is 0 Å². The minimum Gasteiger partial charge on any atom is -0.465 e. The van der Waals surface area contributed by atoms with Crippen molar-refractivity contribution in [3.63, 3.8) is 0 Å². The molecule has 0 aliphatic rings. The third-order valence-electron chi connectivity index (χ3n) is 3.46. The van der Waals surface area contributed by atoms with Gasteiger partial charge in [0, 0.05) is 18.3 Å². The van der Waals surface area contributed by atoms with Crippen LogP contribution in [0.3, 0.4) is 0 Å². The van der Waals surface area contributed by atoms with Crippen LogP contribution in [0.1, 0.15) is 28.9 Å². The van der Waals surface area contributed by atoms with Crippen LogP contribution in [0.25, 0.3) is 0 Å². The van der Waals surface area contributed by atoms with Gasteiger partial charge in [0.1, 0.15) is 5.82 Å². The van der Waals surface area contributed by atoms with E-state index in [-0.39, 0.29) is 12.0 Å². The Morgan fingerprint density at radius 3 is 2.57 bits per heavy atom. The van der Waals surface area contributed by atoms with Crippen molar-refractivity contribution in [2.75, 3.05) is 19.1 Å². The fraction of sp³-hybridized carbons (Fsp3) is 0.250. The van der Waals surface area contributed by atoms with E-state index in [1.165, 1.54) is 7.11 Å². The first-order valence-corrected chi connectivity index (χ1v) is 6.93. The second kappa shape index (κ2) is 6.59. The van der Waals surface area contributed by atoms with Crippen LogP contribution in [0.15, 0.2) is 42.6 Å². The molecule has 0 bridgehead atoms. The third-order valence-corrected chi connectivity index (χ3v) is 3.71. The van der Waals surface area contributed by atoms with Crippen molar-refractivity contribution in [2.45, 2.75) is 13.0 Å². The molecule has 1 atom stereocenters. The van der Waals surface area contributed by atoms with Gasteiger partial charge in [-0.05, 0) is 36.8 Å². The number of ether oxygens (including phenoxy) is 1. The van der Waals surface area contributed by atoms with Gasteiger partial charge in [-0.2, -0.15) is 0 Å². The van der Waals surface area contributed by atoms with Gasteiger partial charge in [0.15, 0.2) is 0 Å². The number of hydrogen-bond acceptors (Lipinski definition) is 4. The van der Waals surface area contributed by atoms with Gasteiger partial charge >= 0.3 is 5.97 Å². The average Bonchev–Trinajstić information content (AvgIpc) is 2.53. The van der Waals surface area contributed by atoms with E-state index in [0.717, 1.165) is 5.56 Å². The molecule has 21 heavy (non-hydrogen) atoms. The first-order valence-electron chi connectivity index (χ1n) is 6.55. The zero-order valence-electron chi connectivity index (χ0n) is 12.2. The number of aromatic nitrogens is 1. The molecule has 1 aromatic heterocycles. The Morgan fingerprint density at radius 2 is 1.95 bits per heavy atom. The summed E-state index contributed by atoms with van der Waals surface area (Å²) in [5.74, 6) is 0.339. The number of pyridine rings is 1. The molecule has 0 amide bonds. The van der Waals surface area contributed by atoms with Crippen LogP contribution in [0.4, 0.5) is 5.82 Å². The standard InChI is InChI=1S/C16H17ClN2O2/c1-11(12-4-6-14(17)7-5-12)19(2)15-10-13(8-9-18-15)16(20)21-3/h4-11H,1-3H3. The van der Waals surface area contributed by atoms with E-state index in [4.69, 9.17) is 16.3 Å². The summed E-state index contributed by atoms with van der Waals surface area (Å²) in [4.78, 5) is 17.9. The Morgan fingerprint density at radius 1 is 1.29 bits per heavy atom. The fourth-order valence-electron chi connectivity index (χ4n) is 2.02. The summed E-state index contributed by atoms with van der Waals surface area (Å²) in [5.41, 5.74) is 1.60. The number of halogens is 1. The van der Waals surface area contributed by atoms with Crippen molar-refractivity contribution in [2.24, 2.45) is 0 Å². The highest BCUT2D eigenvalue weighted by atomic mass is 35.5. The van der Waals surface area contributed by atoms with Crippen LogP contribution in [-0.4, -0.2) is 25.1 Å². The van der Waals surface area contributed by atoms with E-state index < -0.39 is 0 Å². The molecule has 1 aromatic carbocycles. The molecule has 5 heteroatoms. The van der Waals surface area contributed by atoms with E-state index in [0.29, 0.717) is 16.4 Å². The number of hydrogen-bond donors (Lipinski definition) is 0. The van der Waals surface area contributed by atoms with Gasteiger partial charge in [-0.3, -0.25) is 0 Å². The predicted octanol–water partition coefficient (Wildman–Crippen LogP) is 3.72. The van der Waals surface area contributed by atoms with Crippen molar-refractivity contribution >= 4 is 23.4 Å². The van der Waals surface area contributed by atoms with E-state index in [2.05, 4.69) is 11.9 Å². The van der Waals surface area contributed by atoms with Crippen molar-refractivity contribution in [3.8, 4) is 0 Å². The fourth-order valence-corrected chi connectivity index (χ4v) is 2.15. The second-order valence-corrected chi connectivity index (χ2v) is 5.17. The SMILES string of the molecule is COC(=O)c1ccnc(N(C)C(C)c2ccc(Cl)cc2)c1. The number of carbonyl (C=O) groups is 1. The quantitative estimate of drug-likeness (QED) is 0.807. The van der Waals surface area contributed by atoms with Crippen molar-refractivity contribution in [1.29, 1.82) is 0 Å². The van der Waals surface area contributed by atoms with E-state index in [1.54, 1.807) is 18.3 Å². The molecule has 0 aliphatic heterocycles. The Bertz CT molecular complexity index is 628. The van der Waals surface area contributed by atoms with Gasteiger partial charge in [-0.25, -0.2) is 9.78 Å². The molecule has 0 saturated heterocycles. The maximum Gasteiger partial charge on any atom is 0.338 e. The molecular formula is C16H17ClN2O2. The van der Waals surface area contributed by atoms with Crippen LogP contribution >= 0.6 is 11.6 Å². The monoisotopic (exact) mass is 304 g/mol. The van der Waals surface area contributed by atoms with Gasteiger partial charge in [0.05, 0.1) is 18.7 Å². The molecule has 110 valence electrons. The largest absolute Gasteiger partial charge is 0.465 e. The number of anilines is 1. The molecule has 0 saturated carbocycles. The number of rotatable bonds is 4. The summed E-state index contributed by atoms with van der Waals surface area (Å²) in [6.45, 7) is 2.07. The Kier molecular flexibility index (Phi) is 4.81. The summed E-state index contributed by atoms with van der Waals surface area (Å²) in [7, 11) is 3.30. The molecule has 0 N–H and O–H groups in total.